The van der Waals surface area contributed by atoms with Gasteiger partial charge in [0.1, 0.15) is 19.4 Å². The average molecular weight is 434 g/mol. The summed E-state index contributed by atoms with van der Waals surface area (Å²) in [5.74, 6) is 1.30. The first-order valence-corrected chi connectivity index (χ1v) is 11.0. The maximum absolute atomic E-state index is 13.7. The number of anilines is 2. The molecule has 0 saturated carbocycles. The van der Waals surface area contributed by atoms with Gasteiger partial charge in [-0.1, -0.05) is 66.7 Å². The predicted octanol–water partition coefficient (Wildman–Crippen LogP) is 5.90. The molecule has 6 rings (SSSR count). The zero-order valence-electron chi connectivity index (χ0n) is 17.9. The maximum atomic E-state index is 13.7. The van der Waals surface area contributed by atoms with Gasteiger partial charge < -0.3 is 14.8 Å². The number of hydrogen-bond acceptors (Lipinski definition) is 4. The number of hydrogen-bond donors (Lipinski definition) is 1. The summed E-state index contributed by atoms with van der Waals surface area (Å²) >= 11 is 0. The van der Waals surface area contributed by atoms with Crippen molar-refractivity contribution >= 4 is 17.3 Å². The molecule has 0 spiro atoms. The van der Waals surface area contributed by atoms with E-state index in [1.807, 2.05) is 60.7 Å². The normalized spacial score (nSPS) is 16.7. The van der Waals surface area contributed by atoms with Gasteiger partial charge in [-0.2, -0.15) is 0 Å². The molecule has 33 heavy (non-hydrogen) atoms. The van der Waals surface area contributed by atoms with Gasteiger partial charge in [-0.15, -0.1) is 0 Å². The van der Waals surface area contributed by atoms with Crippen LogP contribution in [0.1, 0.15) is 22.1 Å². The first-order valence-electron chi connectivity index (χ1n) is 11.0. The van der Waals surface area contributed by atoms with Crippen molar-refractivity contribution in [3.8, 4) is 22.6 Å². The highest BCUT2D eigenvalue weighted by atomic mass is 16.6. The van der Waals surface area contributed by atoms with Crippen molar-refractivity contribution in [1.29, 1.82) is 0 Å². The highest BCUT2D eigenvalue weighted by Gasteiger charge is 2.34. The zero-order valence-corrected chi connectivity index (χ0v) is 17.9. The van der Waals surface area contributed by atoms with Gasteiger partial charge in [0.25, 0.3) is 5.91 Å². The number of fused-ring (bicyclic) bond motifs is 2. The summed E-state index contributed by atoms with van der Waals surface area (Å²) < 4.78 is 11.5. The lowest BCUT2D eigenvalue weighted by Crippen LogP contribution is -2.43. The molecule has 2 aliphatic heterocycles. The van der Waals surface area contributed by atoms with Crippen molar-refractivity contribution in [2.75, 3.05) is 23.4 Å². The van der Waals surface area contributed by atoms with Gasteiger partial charge in [0.05, 0.1) is 11.3 Å². The molecule has 0 aromatic heterocycles. The Balaban J connectivity index is 1.42. The standard InChI is InChI=1S/C28H22N2O3/c31-28-23-8-4-5-9-24(23)29-27(21-12-10-20(11-13-21)19-6-2-1-3-7-19)30(28)22-14-15-25-26(18-22)33-17-16-32-25/h1-15,18,27,29H,16-17H2. The van der Waals surface area contributed by atoms with Gasteiger partial charge in [-0.3, -0.25) is 9.69 Å². The lowest BCUT2D eigenvalue weighted by atomic mass is 9.99. The number of ether oxygens (including phenoxy) is 2. The van der Waals surface area contributed by atoms with Crippen LogP contribution in [0.4, 0.5) is 11.4 Å². The number of amides is 1. The predicted molar refractivity (Wildman–Crippen MR) is 129 cm³/mol. The summed E-state index contributed by atoms with van der Waals surface area (Å²) in [6.45, 7) is 1.02. The molecule has 0 radical (unpaired) electrons. The second-order valence-corrected chi connectivity index (χ2v) is 8.08. The molecule has 2 aliphatic rings. The molecule has 0 saturated heterocycles. The van der Waals surface area contributed by atoms with Crippen molar-refractivity contribution in [3.63, 3.8) is 0 Å². The van der Waals surface area contributed by atoms with Crippen molar-refractivity contribution in [3.05, 3.63) is 108 Å². The van der Waals surface area contributed by atoms with Gasteiger partial charge in [0, 0.05) is 11.8 Å². The SMILES string of the molecule is O=C1c2ccccc2NC(c2ccc(-c3ccccc3)cc2)N1c1ccc2c(c1)OCCO2. The number of benzene rings is 4. The van der Waals surface area contributed by atoms with Crippen LogP contribution in [-0.2, 0) is 0 Å². The van der Waals surface area contributed by atoms with E-state index in [0.29, 0.717) is 30.3 Å². The summed E-state index contributed by atoms with van der Waals surface area (Å²) in [5, 5.41) is 3.56. The van der Waals surface area contributed by atoms with Gasteiger partial charge in [0.2, 0.25) is 0 Å². The van der Waals surface area contributed by atoms with Crippen LogP contribution in [0, 0.1) is 0 Å². The van der Waals surface area contributed by atoms with Crippen LogP contribution in [0.15, 0.2) is 97.1 Å². The van der Waals surface area contributed by atoms with E-state index in [1.54, 1.807) is 4.90 Å². The Labute approximate surface area is 192 Å². The quantitative estimate of drug-likeness (QED) is 0.436. The molecule has 5 nitrogen and oxygen atoms in total. The van der Waals surface area contributed by atoms with E-state index in [4.69, 9.17) is 9.47 Å². The van der Waals surface area contributed by atoms with Crippen LogP contribution in [-0.4, -0.2) is 19.1 Å². The van der Waals surface area contributed by atoms with Crippen LogP contribution >= 0.6 is 0 Å². The van der Waals surface area contributed by atoms with E-state index < -0.39 is 0 Å². The fourth-order valence-corrected chi connectivity index (χ4v) is 4.42. The van der Waals surface area contributed by atoms with E-state index in [-0.39, 0.29) is 12.1 Å². The summed E-state index contributed by atoms with van der Waals surface area (Å²) in [7, 11) is 0. The molecule has 0 fully saturated rings. The third-order valence-corrected chi connectivity index (χ3v) is 6.06. The summed E-state index contributed by atoms with van der Waals surface area (Å²) in [6.07, 6.45) is -0.361. The Bertz CT molecular complexity index is 1320. The zero-order chi connectivity index (χ0) is 22.2. The summed E-state index contributed by atoms with van der Waals surface area (Å²) in [5.41, 5.74) is 5.51. The molecule has 4 aromatic carbocycles. The fourth-order valence-electron chi connectivity index (χ4n) is 4.42. The summed E-state index contributed by atoms with van der Waals surface area (Å²) in [4.78, 5) is 15.5. The van der Waals surface area contributed by atoms with E-state index in [1.165, 1.54) is 0 Å². The monoisotopic (exact) mass is 434 g/mol. The average Bonchev–Trinajstić information content (AvgIpc) is 2.89. The Kier molecular flexibility index (Phi) is 4.73. The number of nitrogens with one attached hydrogen (secondary N) is 1. The molecule has 4 aromatic rings. The molecule has 0 aliphatic carbocycles. The second kappa shape index (κ2) is 8.02. The minimum atomic E-state index is -0.361. The van der Waals surface area contributed by atoms with Crippen molar-refractivity contribution < 1.29 is 14.3 Å². The van der Waals surface area contributed by atoms with Crippen molar-refractivity contribution in [2.24, 2.45) is 0 Å². The molecule has 1 atom stereocenters. The first kappa shape index (κ1) is 19.4. The summed E-state index contributed by atoms with van der Waals surface area (Å²) in [6, 6.07) is 31.9. The Hall–Kier alpha value is -4.25. The van der Waals surface area contributed by atoms with Gasteiger partial charge in [0.15, 0.2) is 11.5 Å². The Morgan fingerprint density at radius 3 is 2.24 bits per heavy atom. The number of carbonyl (C=O) groups excluding carboxylic acids is 1. The lowest BCUT2D eigenvalue weighted by Gasteiger charge is -2.38. The van der Waals surface area contributed by atoms with E-state index in [9.17, 15) is 4.79 Å². The largest absolute Gasteiger partial charge is 0.486 e. The van der Waals surface area contributed by atoms with E-state index in [2.05, 4.69) is 41.7 Å². The van der Waals surface area contributed by atoms with Gasteiger partial charge in [-0.25, -0.2) is 0 Å². The van der Waals surface area contributed by atoms with Crippen LogP contribution in [0.2, 0.25) is 0 Å². The smallest absolute Gasteiger partial charge is 0.262 e. The third-order valence-electron chi connectivity index (χ3n) is 6.06. The molecule has 1 unspecified atom stereocenters. The van der Waals surface area contributed by atoms with Gasteiger partial charge >= 0.3 is 0 Å². The van der Waals surface area contributed by atoms with Crippen LogP contribution in [0.5, 0.6) is 11.5 Å². The van der Waals surface area contributed by atoms with Crippen LogP contribution in [0.3, 0.4) is 0 Å². The highest BCUT2D eigenvalue weighted by molar-refractivity contribution is 6.12. The second-order valence-electron chi connectivity index (χ2n) is 8.08. The Morgan fingerprint density at radius 1 is 0.727 bits per heavy atom. The molecule has 2 heterocycles. The Morgan fingerprint density at radius 2 is 1.42 bits per heavy atom. The minimum absolute atomic E-state index is 0.0573. The fraction of sp³-hybridized carbons (Fsp3) is 0.107. The van der Waals surface area contributed by atoms with Crippen molar-refractivity contribution in [1.82, 2.24) is 0 Å². The topological polar surface area (TPSA) is 50.8 Å². The minimum Gasteiger partial charge on any atom is -0.486 e. The van der Waals surface area contributed by atoms with E-state index in [0.717, 1.165) is 28.1 Å². The maximum Gasteiger partial charge on any atom is 0.262 e. The third kappa shape index (κ3) is 3.48. The molecule has 1 N–H and O–H groups in total. The molecular weight excluding hydrogens is 412 g/mol. The molecule has 5 heteroatoms. The lowest BCUT2D eigenvalue weighted by molar-refractivity contribution is 0.0974. The first-order chi connectivity index (χ1) is 16.3. The van der Waals surface area contributed by atoms with Crippen molar-refractivity contribution in [2.45, 2.75) is 6.17 Å². The highest BCUT2D eigenvalue weighted by Crippen LogP contribution is 2.41. The number of carbonyl (C=O) groups is 1. The van der Waals surface area contributed by atoms with Crippen LogP contribution in [0.25, 0.3) is 11.1 Å². The molecule has 0 bridgehead atoms. The molecule has 162 valence electrons. The molecule has 1 amide bonds. The number of para-hydroxylation sites is 1. The molecular formula is C28H22N2O3. The van der Waals surface area contributed by atoms with Gasteiger partial charge in [-0.05, 0) is 41.0 Å². The van der Waals surface area contributed by atoms with E-state index >= 15 is 0 Å². The number of rotatable bonds is 3. The number of nitrogens with zero attached hydrogens (tertiary/aromatic N) is 1. The van der Waals surface area contributed by atoms with Crippen LogP contribution < -0.4 is 19.7 Å².